The van der Waals surface area contributed by atoms with Crippen LogP contribution in [0, 0.1) is 0 Å². The number of amides is 1. The predicted octanol–water partition coefficient (Wildman–Crippen LogP) is 2.83. The van der Waals surface area contributed by atoms with Crippen LogP contribution in [0.4, 0.5) is 11.4 Å². The Labute approximate surface area is 145 Å². The van der Waals surface area contributed by atoms with Gasteiger partial charge in [-0.05, 0) is 43.5 Å². The van der Waals surface area contributed by atoms with Crippen molar-refractivity contribution in [3.63, 3.8) is 0 Å². The summed E-state index contributed by atoms with van der Waals surface area (Å²) in [5.74, 6) is -0.219. The van der Waals surface area contributed by atoms with Crippen molar-refractivity contribution in [3.8, 4) is 0 Å². The van der Waals surface area contributed by atoms with E-state index in [4.69, 9.17) is 5.73 Å². The molecule has 2 atom stereocenters. The van der Waals surface area contributed by atoms with Crippen molar-refractivity contribution < 1.29 is 9.90 Å². The Bertz CT molecular complexity index is 533. The van der Waals surface area contributed by atoms with E-state index in [-0.39, 0.29) is 5.91 Å². The molecule has 1 aromatic carbocycles. The van der Waals surface area contributed by atoms with Crippen LogP contribution in [0.3, 0.4) is 0 Å². The first-order valence-electron chi connectivity index (χ1n) is 9.22. The van der Waals surface area contributed by atoms with Crippen molar-refractivity contribution in [3.05, 3.63) is 23.8 Å². The lowest BCUT2D eigenvalue weighted by Crippen LogP contribution is -2.42. The van der Waals surface area contributed by atoms with Crippen molar-refractivity contribution in [2.75, 3.05) is 17.6 Å². The second kappa shape index (κ2) is 9.64. The lowest BCUT2D eigenvalue weighted by molar-refractivity contribution is -0.119. The fraction of sp³-hybridized carbons (Fsp3) is 0.632. The Kier molecular flexibility index (Phi) is 7.53. The molecule has 134 valence electrons. The SMILES string of the molecule is CCCCCCCCc1ccc(N)c(NC(=O)[C@H]2NCC[C@@H]2O)c1. The van der Waals surface area contributed by atoms with Gasteiger partial charge in [-0.25, -0.2) is 0 Å². The number of rotatable bonds is 9. The van der Waals surface area contributed by atoms with Crippen LogP contribution in [-0.2, 0) is 11.2 Å². The Hall–Kier alpha value is -1.59. The Balaban J connectivity index is 1.85. The van der Waals surface area contributed by atoms with E-state index < -0.39 is 12.1 Å². The summed E-state index contributed by atoms with van der Waals surface area (Å²) < 4.78 is 0. The van der Waals surface area contributed by atoms with E-state index in [2.05, 4.69) is 17.6 Å². The molecule has 1 aliphatic rings. The van der Waals surface area contributed by atoms with E-state index in [9.17, 15) is 9.90 Å². The van der Waals surface area contributed by atoms with E-state index in [1.165, 1.54) is 37.7 Å². The van der Waals surface area contributed by atoms with E-state index in [0.717, 1.165) is 12.8 Å². The first-order valence-corrected chi connectivity index (χ1v) is 9.22. The second-order valence-corrected chi connectivity index (χ2v) is 6.72. The van der Waals surface area contributed by atoms with Crippen molar-refractivity contribution in [1.82, 2.24) is 5.32 Å². The van der Waals surface area contributed by atoms with Gasteiger partial charge in [0.1, 0.15) is 6.04 Å². The Morgan fingerprint density at radius 1 is 1.29 bits per heavy atom. The molecule has 5 heteroatoms. The molecule has 24 heavy (non-hydrogen) atoms. The lowest BCUT2D eigenvalue weighted by atomic mass is 10.0. The molecular weight excluding hydrogens is 302 g/mol. The van der Waals surface area contributed by atoms with Crippen molar-refractivity contribution in [2.24, 2.45) is 0 Å². The molecule has 0 bridgehead atoms. The number of hydrogen-bond donors (Lipinski definition) is 4. The second-order valence-electron chi connectivity index (χ2n) is 6.72. The zero-order chi connectivity index (χ0) is 17.4. The molecule has 2 rings (SSSR count). The topological polar surface area (TPSA) is 87.4 Å². The van der Waals surface area contributed by atoms with Crippen LogP contribution in [0.15, 0.2) is 18.2 Å². The van der Waals surface area contributed by atoms with Crippen LogP contribution in [-0.4, -0.2) is 29.7 Å². The summed E-state index contributed by atoms with van der Waals surface area (Å²) in [5, 5.41) is 15.7. The van der Waals surface area contributed by atoms with Crippen LogP contribution in [0.5, 0.6) is 0 Å². The zero-order valence-electron chi connectivity index (χ0n) is 14.7. The minimum absolute atomic E-state index is 0.219. The molecule has 0 unspecified atom stereocenters. The van der Waals surface area contributed by atoms with Crippen LogP contribution in [0.1, 0.15) is 57.4 Å². The van der Waals surface area contributed by atoms with Gasteiger partial charge in [0.2, 0.25) is 5.91 Å². The van der Waals surface area contributed by atoms with E-state index in [1.807, 2.05) is 18.2 Å². The highest BCUT2D eigenvalue weighted by molar-refractivity contribution is 5.98. The predicted molar refractivity (Wildman–Crippen MR) is 99.0 cm³/mol. The number of aliphatic hydroxyl groups excluding tert-OH is 1. The average Bonchev–Trinajstić information content (AvgIpc) is 3.00. The summed E-state index contributed by atoms with van der Waals surface area (Å²) >= 11 is 0. The number of benzene rings is 1. The van der Waals surface area contributed by atoms with Crippen molar-refractivity contribution in [1.29, 1.82) is 0 Å². The van der Waals surface area contributed by atoms with Gasteiger partial charge in [0.05, 0.1) is 17.5 Å². The standard InChI is InChI=1S/C19H31N3O2/c1-2-3-4-5-6-7-8-14-9-10-15(20)16(13-14)22-19(24)18-17(23)11-12-21-18/h9-10,13,17-18,21,23H,2-8,11-12,20H2,1H3,(H,22,24)/t17-,18-/m0/s1. The zero-order valence-corrected chi connectivity index (χ0v) is 14.7. The van der Waals surface area contributed by atoms with Crippen LogP contribution < -0.4 is 16.4 Å². The van der Waals surface area contributed by atoms with Gasteiger partial charge in [0.25, 0.3) is 0 Å². The van der Waals surface area contributed by atoms with Gasteiger partial charge in [-0.3, -0.25) is 4.79 Å². The smallest absolute Gasteiger partial charge is 0.244 e. The Morgan fingerprint density at radius 2 is 2.04 bits per heavy atom. The molecule has 0 aromatic heterocycles. The first-order chi connectivity index (χ1) is 11.6. The summed E-state index contributed by atoms with van der Waals surface area (Å²) in [6.45, 7) is 2.89. The molecule has 5 nitrogen and oxygen atoms in total. The Morgan fingerprint density at radius 3 is 2.75 bits per heavy atom. The number of nitrogen functional groups attached to an aromatic ring is 1. The number of hydrogen-bond acceptors (Lipinski definition) is 4. The molecule has 5 N–H and O–H groups in total. The number of aliphatic hydroxyl groups is 1. The van der Waals surface area contributed by atoms with Gasteiger partial charge >= 0.3 is 0 Å². The van der Waals surface area contributed by atoms with E-state index in [1.54, 1.807) is 0 Å². The highest BCUT2D eigenvalue weighted by Crippen LogP contribution is 2.22. The van der Waals surface area contributed by atoms with Gasteiger partial charge in [-0.1, -0.05) is 45.1 Å². The molecule has 0 aliphatic carbocycles. The molecule has 1 heterocycles. The lowest BCUT2D eigenvalue weighted by Gasteiger charge is -2.16. The third-order valence-electron chi connectivity index (χ3n) is 4.67. The summed E-state index contributed by atoms with van der Waals surface area (Å²) in [5.41, 5.74) is 8.37. The van der Waals surface area contributed by atoms with E-state index in [0.29, 0.717) is 24.3 Å². The molecule has 0 spiro atoms. The molecule has 1 saturated heterocycles. The molecule has 1 fully saturated rings. The van der Waals surface area contributed by atoms with E-state index >= 15 is 0 Å². The monoisotopic (exact) mass is 333 g/mol. The highest BCUT2D eigenvalue weighted by atomic mass is 16.3. The highest BCUT2D eigenvalue weighted by Gasteiger charge is 2.31. The molecule has 1 aliphatic heterocycles. The number of aryl methyl sites for hydroxylation is 1. The van der Waals surface area contributed by atoms with Gasteiger partial charge in [-0.2, -0.15) is 0 Å². The molecule has 1 amide bonds. The third kappa shape index (κ3) is 5.49. The normalized spacial score (nSPS) is 20.2. The van der Waals surface area contributed by atoms with Crippen molar-refractivity contribution in [2.45, 2.75) is 70.4 Å². The number of anilines is 2. The fourth-order valence-corrected chi connectivity index (χ4v) is 3.14. The maximum atomic E-state index is 12.3. The molecular formula is C19H31N3O2. The summed E-state index contributed by atoms with van der Waals surface area (Å²) in [6.07, 6.45) is 8.57. The van der Waals surface area contributed by atoms with Gasteiger partial charge in [-0.15, -0.1) is 0 Å². The minimum atomic E-state index is -0.627. The summed E-state index contributed by atoms with van der Waals surface area (Å²) in [7, 11) is 0. The van der Waals surface area contributed by atoms with Crippen molar-refractivity contribution >= 4 is 17.3 Å². The number of unbranched alkanes of at least 4 members (excludes halogenated alkanes) is 5. The largest absolute Gasteiger partial charge is 0.397 e. The van der Waals surface area contributed by atoms with Gasteiger partial charge in [0, 0.05) is 0 Å². The summed E-state index contributed by atoms with van der Waals surface area (Å²) in [6, 6.07) is 5.28. The first kappa shape index (κ1) is 18.7. The maximum Gasteiger partial charge on any atom is 0.244 e. The van der Waals surface area contributed by atoms with Crippen LogP contribution in [0.2, 0.25) is 0 Å². The van der Waals surface area contributed by atoms with Gasteiger partial charge < -0.3 is 21.5 Å². The molecule has 1 aromatic rings. The number of carbonyl (C=O) groups excluding carboxylic acids is 1. The summed E-state index contributed by atoms with van der Waals surface area (Å²) in [4.78, 5) is 12.3. The number of nitrogens with one attached hydrogen (secondary N) is 2. The molecule has 0 radical (unpaired) electrons. The molecule has 0 saturated carbocycles. The fourth-order valence-electron chi connectivity index (χ4n) is 3.14. The maximum absolute atomic E-state index is 12.3. The number of carbonyl (C=O) groups is 1. The van der Waals surface area contributed by atoms with Crippen LogP contribution in [0.25, 0.3) is 0 Å². The number of nitrogens with two attached hydrogens (primary N) is 1. The average molecular weight is 333 g/mol. The minimum Gasteiger partial charge on any atom is -0.397 e. The third-order valence-corrected chi connectivity index (χ3v) is 4.67. The quantitative estimate of drug-likeness (QED) is 0.413. The van der Waals surface area contributed by atoms with Gasteiger partial charge in [0.15, 0.2) is 0 Å². The van der Waals surface area contributed by atoms with Crippen LogP contribution >= 0.6 is 0 Å².